The van der Waals surface area contributed by atoms with Crippen LogP contribution in [0.5, 0.6) is 5.75 Å². The molecule has 25 heavy (non-hydrogen) atoms. The molecule has 0 spiro atoms. The third-order valence-electron chi connectivity index (χ3n) is 3.90. The van der Waals surface area contributed by atoms with Crippen LogP contribution in [-0.4, -0.2) is 29.9 Å². The van der Waals surface area contributed by atoms with E-state index in [-0.39, 0.29) is 23.1 Å². The van der Waals surface area contributed by atoms with E-state index in [0.717, 1.165) is 18.6 Å². The number of esters is 1. The second kappa shape index (κ2) is 8.92. The first-order valence-corrected chi connectivity index (χ1v) is 8.22. The van der Waals surface area contributed by atoms with Crippen molar-refractivity contribution in [2.45, 2.75) is 38.7 Å². The third-order valence-corrected chi connectivity index (χ3v) is 3.90. The van der Waals surface area contributed by atoms with E-state index in [9.17, 15) is 14.8 Å². The van der Waals surface area contributed by atoms with Crippen molar-refractivity contribution >= 4 is 17.4 Å². The average Bonchev–Trinajstić information content (AvgIpc) is 2.58. The van der Waals surface area contributed by atoms with Crippen molar-refractivity contribution in [3.63, 3.8) is 0 Å². The van der Waals surface area contributed by atoms with Gasteiger partial charge in [0.15, 0.2) is 0 Å². The van der Waals surface area contributed by atoms with Gasteiger partial charge in [0.25, 0.3) is 0 Å². The van der Waals surface area contributed by atoms with Gasteiger partial charge in [0.1, 0.15) is 17.5 Å². The average molecular weight is 342 g/mol. The Bertz CT molecular complexity index is 735. The fraction of sp³-hybridized carbons (Fsp3) is 0.368. The third kappa shape index (κ3) is 5.11. The molecule has 1 heterocycles. The summed E-state index contributed by atoms with van der Waals surface area (Å²) in [6.07, 6.45) is 10.2. The van der Waals surface area contributed by atoms with Gasteiger partial charge in [-0.2, -0.15) is 0 Å². The highest BCUT2D eigenvalue weighted by Gasteiger charge is 2.22. The lowest BCUT2D eigenvalue weighted by Gasteiger charge is -2.15. The fourth-order valence-corrected chi connectivity index (χ4v) is 2.63. The normalized spacial score (nSPS) is 23.2. The first-order chi connectivity index (χ1) is 12.0. The van der Waals surface area contributed by atoms with Crippen LogP contribution in [0.3, 0.4) is 0 Å². The van der Waals surface area contributed by atoms with Crippen LogP contribution in [0.2, 0.25) is 0 Å². The highest BCUT2D eigenvalue weighted by atomic mass is 16.5. The fourth-order valence-electron chi connectivity index (χ4n) is 2.63. The van der Waals surface area contributed by atoms with E-state index in [1.165, 1.54) is 12.1 Å². The number of rotatable bonds is 1. The number of nitrogens with zero attached hydrogens (tertiary/aromatic N) is 2. The first-order valence-electron chi connectivity index (χ1n) is 8.22. The Morgan fingerprint density at radius 1 is 1.20 bits per heavy atom. The molecule has 2 rings (SSSR count). The predicted molar refractivity (Wildman–Crippen MR) is 97.6 cm³/mol. The van der Waals surface area contributed by atoms with Crippen molar-refractivity contribution in [1.29, 1.82) is 0 Å². The first kappa shape index (κ1) is 18.6. The molecule has 1 aromatic carbocycles. The topological polar surface area (TPSA) is 88.3 Å². The van der Waals surface area contributed by atoms with Crippen molar-refractivity contribution in [3.8, 4) is 5.75 Å². The van der Waals surface area contributed by atoms with Gasteiger partial charge in [-0.15, -0.1) is 4.91 Å². The van der Waals surface area contributed by atoms with E-state index in [1.807, 2.05) is 24.3 Å². The summed E-state index contributed by atoms with van der Waals surface area (Å²) in [6, 6.07) is 2.61. The Hall–Kier alpha value is -2.76. The lowest BCUT2D eigenvalue weighted by Crippen LogP contribution is -2.17. The summed E-state index contributed by atoms with van der Waals surface area (Å²) in [7, 11) is 1.66. The molecule has 0 aliphatic carbocycles. The van der Waals surface area contributed by atoms with Gasteiger partial charge >= 0.3 is 5.97 Å². The highest BCUT2D eigenvalue weighted by Crippen LogP contribution is 2.30. The lowest BCUT2D eigenvalue weighted by molar-refractivity contribution is 0.0348. The van der Waals surface area contributed by atoms with Gasteiger partial charge in [-0.3, -0.25) is 4.99 Å². The maximum absolute atomic E-state index is 12.6. The van der Waals surface area contributed by atoms with E-state index in [2.05, 4.69) is 10.2 Å². The van der Waals surface area contributed by atoms with E-state index >= 15 is 0 Å². The molecule has 1 N–H and O–H groups in total. The summed E-state index contributed by atoms with van der Waals surface area (Å²) >= 11 is 0. The molecule has 1 aliphatic rings. The maximum Gasteiger partial charge on any atom is 0.341 e. The summed E-state index contributed by atoms with van der Waals surface area (Å²) in [4.78, 5) is 28.0. The standard InChI is InChI=1S/C19H22N2O4/c1-13-8-6-4-3-5-7-9-15(20-2)10-14-11-16(22)12-17(21-24)18(14)19(23)25-13/h4,6-7,9,11-13,22H,3,5,8,10H2,1-2H3/b6-4+,9-7+,20-15?. The van der Waals surface area contributed by atoms with Crippen molar-refractivity contribution < 1.29 is 14.6 Å². The number of aliphatic imine (C=N–C) groups is 1. The van der Waals surface area contributed by atoms with Crippen LogP contribution < -0.4 is 0 Å². The van der Waals surface area contributed by atoms with E-state index in [1.54, 1.807) is 14.0 Å². The number of nitroso groups, excluding NO2 is 1. The number of allylic oxidation sites excluding steroid dienone is 3. The zero-order valence-electron chi connectivity index (χ0n) is 14.4. The number of hydrogen-bond donors (Lipinski definition) is 1. The summed E-state index contributed by atoms with van der Waals surface area (Å²) < 4.78 is 5.44. The van der Waals surface area contributed by atoms with Crippen LogP contribution in [0.4, 0.5) is 5.69 Å². The van der Waals surface area contributed by atoms with Gasteiger partial charge in [0.05, 0.1) is 5.56 Å². The van der Waals surface area contributed by atoms with Gasteiger partial charge in [0.2, 0.25) is 0 Å². The zero-order chi connectivity index (χ0) is 18.2. The molecule has 1 unspecified atom stereocenters. The number of phenolic OH excluding ortho intramolecular Hbond substituents is 1. The summed E-state index contributed by atoms with van der Waals surface area (Å²) in [5.41, 5.74) is 1.14. The van der Waals surface area contributed by atoms with Crippen LogP contribution in [0, 0.1) is 4.91 Å². The number of carbonyl (C=O) groups is 1. The van der Waals surface area contributed by atoms with Crippen molar-refractivity contribution in [2.24, 2.45) is 10.2 Å². The summed E-state index contributed by atoms with van der Waals surface area (Å²) in [5.74, 6) is -0.750. The molecule has 0 fully saturated rings. The van der Waals surface area contributed by atoms with Crippen LogP contribution in [0.25, 0.3) is 0 Å². The molecule has 0 amide bonds. The smallest absolute Gasteiger partial charge is 0.341 e. The number of phenols is 1. The van der Waals surface area contributed by atoms with Crippen LogP contribution >= 0.6 is 0 Å². The Morgan fingerprint density at radius 2 is 1.96 bits per heavy atom. The number of cyclic esters (lactones) is 1. The minimum Gasteiger partial charge on any atom is -0.508 e. The van der Waals surface area contributed by atoms with Gasteiger partial charge in [-0.25, -0.2) is 4.79 Å². The molecule has 132 valence electrons. The minimum atomic E-state index is -0.623. The second-order valence-electron chi connectivity index (χ2n) is 5.88. The zero-order valence-corrected chi connectivity index (χ0v) is 14.4. The maximum atomic E-state index is 12.6. The molecule has 1 aliphatic heterocycles. The van der Waals surface area contributed by atoms with Gasteiger partial charge in [-0.1, -0.05) is 18.2 Å². The quantitative estimate of drug-likeness (QED) is 0.469. The summed E-state index contributed by atoms with van der Waals surface area (Å²) in [5, 5.41) is 12.7. The van der Waals surface area contributed by atoms with E-state index < -0.39 is 5.97 Å². The van der Waals surface area contributed by atoms with Gasteiger partial charge in [0, 0.05) is 31.7 Å². The lowest BCUT2D eigenvalue weighted by atomic mass is 9.99. The molecular weight excluding hydrogens is 320 g/mol. The van der Waals surface area contributed by atoms with Crippen LogP contribution in [0.15, 0.2) is 46.6 Å². The number of ether oxygens (including phenoxy) is 1. The van der Waals surface area contributed by atoms with E-state index in [0.29, 0.717) is 18.4 Å². The van der Waals surface area contributed by atoms with Gasteiger partial charge in [-0.05, 0) is 42.6 Å². The Morgan fingerprint density at radius 3 is 2.68 bits per heavy atom. The SMILES string of the molecule is CN=C1/C=C/CC/C=C/CC(C)OC(=O)c2c(cc(O)cc2N=O)C1. The van der Waals surface area contributed by atoms with Crippen molar-refractivity contribution in [2.75, 3.05) is 7.05 Å². The van der Waals surface area contributed by atoms with Gasteiger partial charge < -0.3 is 9.84 Å². The number of fused-ring (bicyclic) bond motifs is 1. The number of aromatic hydroxyl groups is 1. The van der Waals surface area contributed by atoms with Crippen LogP contribution in [0.1, 0.15) is 42.1 Å². The molecule has 6 nitrogen and oxygen atoms in total. The second-order valence-corrected chi connectivity index (χ2v) is 5.88. The predicted octanol–water partition coefficient (Wildman–Crippen LogP) is 4.25. The molecule has 1 atom stereocenters. The molecule has 0 aromatic heterocycles. The van der Waals surface area contributed by atoms with Crippen LogP contribution in [-0.2, 0) is 11.2 Å². The Labute approximate surface area is 146 Å². The monoisotopic (exact) mass is 342 g/mol. The molecule has 0 saturated heterocycles. The molecule has 6 heteroatoms. The largest absolute Gasteiger partial charge is 0.508 e. The Balaban J connectivity index is 2.51. The molecule has 1 aromatic rings. The molecule has 0 bridgehead atoms. The number of carbonyl (C=O) groups excluding carboxylic acids is 1. The summed E-state index contributed by atoms with van der Waals surface area (Å²) in [6.45, 7) is 1.79. The molecular formula is C19H22N2O4. The van der Waals surface area contributed by atoms with E-state index in [4.69, 9.17) is 4.74 Å². The molecule has 0 saturated carbocycles. The van der Waals surface area contributed by atoms with Crippen molar-refractivity contribution in [1.82, 2.24) is 0 Å². The highest BCUT2D eigenvalue weighted by molar-refractivity contribution is 6.02. The minimum absolute atomic E-state index is 0.0789. The number of benzene rings is 1. The Kier molecular flexibility index (Phi) is 6.62. The van der Waals surface area contributed by atoms with Crippen molar-refractivity contribution in [3.05, 3.63) is 52.5 Å². The molecule has 0 radical (unpaired) electrons. The number of hydrogen-bond acceptors (Lipinski definition) is 6.